The number of alkyl halides is 3. The van der Waals surface area contributed by atoms with E-state index in [0.717, 1.165) is 67.4 Å². The largest absolute Gasteiger partial charge is 0.497 e. The number of hydrogen-bond donors (Lipinski definition) is 4. The minimum atomic E-state index is -5.08. The van der Waals surface area contributed by atoms with Crippen LogP contribution >= 0.6 is 0 Å². The van der Waals surface area contributed by atoms with Crippen molar-refractivity contribution in [3.63, 3.8) is 0 Å². The van der Waals surface area contributed by atoms with Gasteiger partial charge in [0.05, 0.1) is 7.11 Å². The number of nitrogens with one attached hydrogen (secondary N) is 3. The van der Waals surface area contributed by atoms with Crippen LogP contribution in [0.25, 0.3) is 10.9 Å². The maximum absolute atomic E-state index is 12.5. The molecule has 3 aromatic rings. The zero-order chi connectivity index (χ0) is 26.1. The first-order chi connectivity index (χ1) is 17.2. The van der Waals surface area contributed by atoms with Crippen LogP contribution in [0.4, 0.5) is 13.2 Å². The third-order valence-electron chi connectivity index (χ3n) is 5.94. The Morgan fingerprint density at radius 3 is 2.50 bits per heavy atom. The van der Waals surface area contributed by atoms with Gasteiger partial charge in [-0.05, 0) is 74.5 Å². The maximum atomic E-state index is 12.5. The van der Waals surface area contributed by atoms with Crippen LogP contribution in [0.15, 0.2) is 48.5 Å². The fraction of sp³-hybridized carbons (Fsp3) is 0.385. The van der Waals surface area contributed by atoms with Crippen LogP contribution < -0.4 is 15.4 Å². The van der Waals surface area contributed by atoms with E-state index in [2.05, 4.69) is 45.9 Å². The van der Waals surface area contributed by atoms with Crippen LogP contribution in [-0.2, 0) is 17.6 Å². The van der Waals surface area contributed by atoms with Crippen molar-refractivity contribution in [3.8, 4) is 5.75 Å². The molecule has 0 fully saturated rings. The fourth-order valence-corrected chi connectivity index (χ4v) is 4.15. The Balaban J connectivity index is 0.000000454. The van der Waals surface area contributed by atoms with E-state index in [1.807, 2.05) is 18.2 Å². The molecule has 0 saturated carbocycles. The predicted octanol–water partition coefficient (Wildman–Crippen LogP) is 4.47. The lowest BCUT2D eigenvalue weighted by Crippen LogP contribution is -2.41. The first-order valence-corrected chi connectivity index (χ1v) is 11.7. The molecule has 2 heterocycles. The normalized spacial score (nSPS) is 15.0. The number of ether oxygens (including phenoxy) is 1. The molecule has 0 spiro atoms. The van der Waals surface area contributed by atoms with Crippen molar-refractivity contribution in [2.24, 2.45) is 0 Å². The van der Waals surface area contributed by atoms with Gasteiger partial charge in [-0.2, -0.15) is 13.2 Å². The zero-order valence-corrected chi connectivity index (χ0v) is 20.0. The Bertz CT molecular complexity index is 1160. The van der Waals surface area contributed by atoms with E-state index in [0.29, 0.717) is 5.69 Å². The number of rotatable bonds is 9. The van der Waals surface area contributed by atoms with Crippen molar-refractivity contribution in [1.82, 2.24) is 15.6 Å². The number of carboxylic acids is 1. The Kier molecular flexibility index (Phi) is 9.35. The van der Waals surface area contributed by atoms with E-state index in [1.54, 1.807) is 7.11 Å². The SMILES string of the molecule is COc1ccc2[nH]c3c(c2c1)CC(CCCNCCCc1ccccc1)NC3=O.O=C(O)C(F)(F)F. The van der Waals surface area contributed by atoms with Crippen molar-refractivity contribution in [3.05, 3.63) is 65.4 Å². The summed E-state index contributed by atoms with van der Waals surface area (Å²) in [5.74, 6) is -1.93. The second-order valence-electron chi connectivity index (χ2n) is 8.55. The number of carbonyl (C=O) groups is 2. The molecular formula is C26H30F3N3O4. The Labute approximate surface area is 207 Å². The highest BCUT2D eigenvalue weighted by molar-refractivity contribution is 6.02. The quantitative estimate of drug-likeness (QED) is 0.322. The van der Waals surface area contributed by atoms with E-state index < -0.39 is 12.1 Å². The molecule has 1 aromatic heterocycles. The zero-order valence-electron chi connectivity index (χ0n) is 20.0. The second kappa shape index (κ2) is 12.4. The number of aromatic nitrogens is 1. The summed E-state index contributed by atoms with van der Waals surface area (Å²) in [6.45, 7) is 2.01. The third-order valence-corrected chi connectivity index (χ3v) is 5.94. The average Bonchev–Trinajstić information content (AvgIpc) is 3.22. The summed E-state index contributed by atoms with van der Waals surface area (Å²) in [6, 6.07) is 16.7. The molecule has 7 nitrogen and oxygen atoms in total. The Morgan fingerprint density at radius 1 is 1.14 bits per heavy atom. The number of H-pyrrole nitrogens is 1. The number of halogens is 3. The number of benzene rings is 2. The first-order valence-electron chi connectivity index (χ1n) is 11.7. The molecule has 194 valence electrons. The van der Waals surface area contributed by atoms with Gasteiger partial charge in [0.15, 0.2) is 0 Å². The van der Waals surface area contributed by atoms with Crippen molar-refractivity contribution in [2.75, 3.05) is 20.2 Å². The maximum Gasteiger partial charge on any atom is 0.490 e. The Morgan fingerprint density at radius 2 is 1.83 bits per heavy atom. The second-order valence-corrected chi connectivity index (χ2v) is 8.55. The van der Waals surface area contributed by atoms with Crippen LogP contribution in [0.3, 0.4) is 0 Å². The van der Waals surface area contributed by atoms with Gasteiger partial charge in [-0.25, -0.2) is 4.79 Å². The van der Waals surface area contributed by atoms with Gasteiger partial charge in [0.1, 0.15) is 11.4 Å². The molecule has 4 rings (SSSR count). The van der Waals surface area contributed by atoms with Gasteiger partial charge < -0.3 is 25.5 Å². The molecule has 1 unspecified atom stereocenters. The van der Waals surface area contributed by atoms with Gasteiger partial charge >= 0.3 is 12.1 Å². The third kappa shape index (κ3) is 7.48. The molecule has 0 saturated heterocycles. The van der Waals surface area contributed by atoms with Crippen LogP contribution in [0.5, 0.6) is 5.75 Å². The lowest BCUT2D eigenvalue weighted by molar-refractivity contribution is -0.192. The van der Waals surface area contributed by atoms with Crippen LogP contribution in [0.2, 0.25) is 0 Å². The molecule has 0 aliphatic carbocycles. The first kappa shape index (κ1) is 27.1. The number of amides is 1. The highest BCUT2D eigenvalue weighted by atomic mass is 19.4. The van der Waals surface area contributed by atoms with Crippen molar-refractivity contribution < 1.29 is 32.6 Å². The van der Waals surface area contributed by atoms with Crippen LogP contribution in [0, 0.1) is 0 Å². The van der Waals surface area contributed by atoms with Crippen LogP contribution in [-0.4, -0.2) is 54.4 Å². The van der Waals surface area contributed by atoms with Crippen LogP contribution in [0.1, 0.15) is 40.9 Å². The number of aryl methyl sites for hydroxylation is 1. The lowest BCUT2D eigenvalue weighted by Gasteiger charge is -2.24. The minimum Gasteiger partial charge on any atom is -0.497 e. The highest BCUT2D eigenvalue weighted by Gasteiger charge is 2.38. The number of hydrogen-bond acceptors (Lipinski definition) is 4. The van der Waals surface area contributed by atoms with Gasteiger partial charge in [-0.15, -0.1) is 0 Å². The molecule has 1 aliphatic heterocycles. The smallest absolute Gasteiger partial charge is 0.490 e. The summed E-state index contributed by atoms with van der Waals surface area (Å²) in [7, 11) is 1.67. The number of carbonyl (C=O) groups excluding carboxylic acids is 1. The van der Waals surface area contributed by atoms with Crippen molar-refractivity contribution in [2.45, 2.75) is 44.3 Å². The van der Waals surface area contributed by atoms with Crippen molar-refractivity contribution >= 4 is 22.8 Å². The number of methoxy groups -OCH3 is 1. The Hall–Kier alpha value is -3.53. The van der Waals surface area contributed by atoms with Gasteiger partial charge in [0.2, 0.25) is 0 Å². The van der Waals surface area contributed by atoms with Crippen molar-refractivity contribution in [1.29, 1.82) is 0 Å². The summed E-state index contributed by atoms with van der Waals surface area (Å²) in [5.41, 5.74) is 4.20. The standard InChI is InChI=1S/C24H29N3O2.C2HF3O2/c1-29-19-11-12-22-20(16-19)21-15-18(26-24(28)23(21)27-22)10-6-14-25-13-5-9-17-7-3-2-4-8-17;3-2(4,5)1(6)7/h2-4,7-8,11-12,16,18,25,27H,5-6,9-10,13-15H2,1H3,(H,26,28);(H,6,7). The minimum absolute atomic E-state index is 0.00207. The van der Waals surface area contributed by atoms with E-state index in [-0.39, 0.29) is 11.9 Å². The van der Waals surface area contributed by atoms with Gasteiger partial charge in [0, 0.05) is 16.9 Å². The number of aromatic amines is 1. The molecule has 4 N–H and O–H groups in total. The van der Waals surface area contributed by atoms with E-state index >= 15 is 0 Å². The van der Waals surface area contributed by atoms with E-state index in [1.165, 1.54) is 5.56 Å². The number of carboxylic acid groups (broad SMARTS) is 1. The molecule has 0 bridgehead atoms. The monoisotopic (exact) mass is 505 g/mol. The number of aliphatic carboxylic acids is 1. The molecule has 1 amide bonds. The van der Waals surface area contributed by atoms with Gasteiger partial charge in [0.25, 0.3) is 5.91 Å². The molecule has 1 aliphatic rings. The molecule has 36 heavy (non-hydrogen) atoms. The summed E-state index contributed by atoms with van der Waals surface area (Å²) >= 11 is 0. The lowest BCUT2D eigenvalue weighted by atomic mass is 9.95. The molecular weight excluding hydrogens is 475 g/mol. The average molecular weight is 506 g/mol. The summed E-state index contributed by atoms with van der Waals surface area (Å²) in [5, 5.41) is 14.9. The van der Waals surface area contributed by atoms with Gasteiger partial charge in [-0.1, -0.05) is 30.3 Å². The topological polar surface area (TPSA) is 103 Å². The fourth-order valence-electron chi connectivity index (χ4n) is 4.15. The molecule has 0 radical (unpaired) electrons. The van der Waals surface area contributed by atoms with E-state index in [9.17, 15) is 18.0 Å². The number of fused-ring (bicyclic) bond motifs is 3. The molecule has 10 heteroatoms. The molecule has 1 atom stereocenters. The summed E-state index contributed by atoms with van der Waals surface area (Å²) in [4.78, 5) is 24.7. The predicted molar refractivity (Wildman–Crippen MR) is 130 cm³/mol. The summed E-state index contributed by atoms with van der Waals surface area (Å²) in [6.07, 6.45) is 0.0666. The van der Waals surface area contributed by atoms with E-state index in [4.69, 9.17) is 14.6 Å². The highest BCUT2D eigenvalue weighted by Crippen LogP contribution is 2.30. The summed E-state index contributed by atoms with van der Waals surface area (Å²) < 4.78 is 37.1. The molecule has 2 aromatic carbocycles. The van der Waals surface area contributed by atoms with Gasteiger partial charge in [-0.3, -0.25) is 4.79 Å².